The molecular weight excluding hydrogens is 165 g/mol. The smallest absolute Gasteiger partial charge is 0.327 e. The van der Waals surface area contributed by atoms with E-state index in [4.69, 9.17) is 4.74 Å². The Morgan fingerprint density at radius 2 is 2.18 bits per heavy atom. The van der Waals surface area contributed by atoms with Crippen molar-refractivity contribution in [3.8, 4) is 0 Å². The van der Waals surface area contributed by atoms with Gasteiger partial charge in [-0.3, -0.25) is 4.52 Å². The van der Waals surface area contributed by atoms with Crippen molar-refractivity contribution in [2.75, 3.05) is 26.9 Å². The number of ether oxygens (including phenoxy) is 1. The molecule has 0 atom stereocenters. The topological polar surface area (TPSA) is 63.2 Å². The number of hydrogen-bond donors (Lipinski definition) is 1. The highest BCUT2D eigenvalue weighted by atomic mass is 31.1. The fourth-order valence-corrected chi connectivity index (χ4v) is 0.405. The van der Waals surface area contributed by atoms with Crippen molar-refractivity contribution in [2.24, 2.45) is 0 Å². The van der Waals surface area contributed by atoms with Crippen LogP contribution in [0.15, 0.2) is 0 Å². The van der Waals surface area contributed by atoms with E-state index in [-0.39, 0.29) is 8.69 Å². The second kappa shape index (κ2) is 16.5. The molecule has 5 heteroatoms. The lowest BCUT2D eigenvalue weighted by Gasteiger charge is -1.87. The number of rotatable bonds is 5. The Bertz CT molecular complexity index is 68.8. The molecule has 0 bridgehead atoms. The summed E-state index contributed by atoms with van der Waals surface area (Å²) in [4.78, 5) is 0. The molecule has 0 rings (SSSR count). The second-order valence-corrected chi connectivity index (χ2v) is 2.10. The average Bonchev–Trinajstić information content (AvgIpc) is 2.04. The van der Waals surface area contributed by atoms with Gasteiger partial charge in [-0.25, -0.2) is 4.57 Å². The van der Waals surface area contributed by atoms with Crippen LogP contribution >= 0.6 is 8.69 Å². The van der Waals surface area contributed by atoms with Crippen LogP contribution in [0.2, 0.25) is 0 Å². The molecule has 0 aromatic heterocycles. The summed E-state index contributed by atoms with van der Waals surface area (Å²) < 4.78 is 18.3. The first-order chi connectivity index (χ1) is 5.33. The highest BCUT2D eigenvalue weighted by Crippen LogP contribution is 1.89. The fraction of sp³-hybridized carbons (Fsp3) is 1.00. The van der Waals surface area contributed by atoms with Crippen molar-refractivity contribution >= 4 is 8.69 Å². The molecule has 4 nitrogen and oxygen atoms in total. The van der Waals surface area contributed by atoms with E-state index in [1.807, 2.05) is 0 Å². The molecule has 0 amide bonds. The lowest BCUT2D eigenvalue weighted by Crippen LogP contribution is -2.50. The molecule has 0 aliphatic rings. The van der Waals surface area contributed by atoms with Crippen molar-refractivity contribution < 1.29 is 19.6 Å². The van der Waals surface area contributed by atoms with E-state index in [1.54, 1.807) is 14.0 Å². The lowest BCUT2D eigenvalue weighted by molar-refractivity contribution is -0.369. The zero-order valence-corrected chi connectivity index (χ0v) is 8.10. The van der Waals surface area contributed by atoms with Crippen molar-refractivity contribution in [3.05, 3.63) is 0 Å². The molecule has 0 saturated carbocycles. The first-order valence-electron chi connectivity index (χ1n) is 3.56. The van der Waals surface area contributed by atoms with E-state index < -0.39 is 0 Å². The highest BCUT2D eigenvalue weighted by molar-refractivity contribution is 7.17. The summed E-state index contributed by atoms with van der Waals surface area (Å²) in [6.07, 6.45) is 1.08. The minimum Gasteiger partial charge on any atom is -0.384 e. The highest BCUT2D eigenvalue weighted by Gasteiger charge is 1.77. The number of methoxy groups -OCH3 is 1. The van der Waals surface area contributed by atoms with Crippen molar-refractivity contribution in [1.82, 2.24) is 0 Å². The molecule has 0 spiro atoms. The monoisotopic (exact) mass is 182 g/mol. The predicted octanol–water partition coefficient (Wildman–Crippen LogP) is 0.494. The summed E-state index contributed by atoms with van der Waals surface area (Å²) in [5.74, 6) is 0. The van der Waals surface area contributed by atoms with E-state index in [0.29, 0.717) is 6.61 Å². The maximum Gasteiger partial charge on any atom is 0.327 e. The zero-order chi connectivity index (χ0) is 8.95. The van der Waals surface area contributed by atoms with Gasteiger partial charge in [-0.15, -0.1) is 0 Å². The summed E-state index contributed by atoms with van der Waals surface area (Å²) in [5, 5.41) is 0. The third-order valence-electron chi connectivity index (χ3n) is 0.780. The minimum absolute atomic E-state index is 0.220. The summed E-state index contributed by atoms with van der Waals surface area (Å²) in [6, 6.07) is 0. The third-order valence-corrected chi connectivity index (χ3v) is 1.14. The van der Waals surface area contributed by atoms with Gasteiger partial charge in [0.05, 0.1) is 19.8 Å². The Balaban J connectivity index is 0. The van der Waals surface area contributed by atoms with Crippen LogP contribution in [0.25, 0.3) is 0 Å². The molecule has 0 fully saturated rings. The standard InChI is InChI=1S/C4H11NO.C2H5O2P/c1-6-4-2-3-5;1-2-4-5-3/h2-5H2,1H3;2H2,1H3/p+1. The van der Waals surface area contributed by atoms with Gasteiger partial charge in [0.25, 0.3) is 0 Å². The van der Waals surface area contributed by atoms with Gasteiger partial charge < -0.3 is 10.5 Å². The van der Waals surface area contributed by atoms with Crippen LogP contribution in [0.5, 0.6) is 0 Å². The molecule has 0 aromatic carbocycles. The molecule has 68 valence electrons. The fourth-order valence-electron chi connectivity index (χ4n) is 0.299. The summed E-state index contributed by atoms with van der Waals surface area (Å²) in [5.41, 5.74) is 3.64. The van der Waals surface area contributed by atoms with Crippen LogP contribution in [0, 0.1) is 0 Å². The second-order valence-electron chi connectivity index (χ2n) is 1.69. The van der Waals surface area contributed by atoms with Gasteiger partial charge in [0.1, 0.15) is 0 Å². The van der Waals surface area contributed by atoms with Gasteiger partial charge in [0.15, 0.2) is 0 Å². The quantitative estimate of drug-likeness (QED) is 0.497. The van der Waals surface area contributed by atoms with Crippen LogP contribution < -0.4 is 5.73 Å². The van der Waals surface area contributed by atoms with Crippen LogP contribution in [-0.4, -0.2) is 26.9 Å². The summed E-state index contributed by atoms with van der Waals surface area (Å²) in [7, 11) is 1.48. The Morgan fingerprint density at radius 1 is 1.55 bits per heavy atom. The SMILES string of the molecule is CCOP=O.COCCC[NH3+]. The van der Waals surface area contributed by atoms with Crippen molar-refractivity contribution in [1.29, 1.82) is 0 Å². The van der Waals surface area contributed by atoms with Gasteiger partial charge >= 0.3 is 8.69 Å². The van der Waals surface area contributed by atoms with Gasteiger partial charge in [-0.1, -0.05) is 0 Å². The Hall–Kier alpha value is -0.0200. The van der Waals surface area contributed by atoms with Gasteiger partial charge in [0.2, 0.25) is 0 Å². The first-order valence-corrected chi connectivity index (χ1v) is 4.29. The van der Waals surface area contributed by atoms with Crippen molar-refractivity contribution in [2.45, 2.75) is 13.3 Å². The molecule has 0 saturated heterocycles. The van der Waals surface area contributed by atoms with Crippen LogP contribution in [0.4, 0.5) is 0 Å². The summed E-state index contributed by atoms with van der Waals surface area (Å²) in [6.45, 7) is 4.13. The van der Waals surface area contributed by atoms with Crippen LogP contribution in [-0.2, 0) is 13.8 Å². The van der Waals surface area contributed by atoms with Gasteiger partial charge in [-0.05, 0) is 6.92 Å². The van der Waals surface area contributed by atoms with Crippen LogP contribution in [0.3, 0.4) is 0 Å². The third kappa shape index (κ3) is 25.6. The predicted molar refractivity (Wildman–Crippen MR) is 43.5 cm³/mol. The van der Waals surface area contributed by atoms with E-state index in [0.717, 1.165) is 19.6 Å². The van der Waals surface area contributed by atoms with Crippen molar-refractivity contribution in [3.63, 3.8) is 0 Å². The lowest BCUT2D eigenvalue weighted by atomic mass is 10.5. The molecular formula is C6H17NO3P+. The Morgan fingerprint density at radius 3 is 2.27 bits per heavy atom. The molecule has 11 heavy (non-hydrogen) atoms. The van der Waals surface area contributed by atoms with E-state index in [2.05, 4.69) is 10.3 Å². The Kier molecular flexibility index (Phi) is 20.4. The first kappa shape index (κ1) is 13.6. The largest absolute Gasteiger partial charge is 0.384 e. The zero-order valence-electron chi connectivity index (χ0n) is 7.21. The van der Waals surface area contributed by atoms with Gasteiger partial charge in [-0.2, -0.15) is 0 Å². The normalized spacial score (nSPS) is 9.00. The Labute approximate surface area is 69.3 Å². The maximum atomic E-state index is 9.28. The van der Waals surface area contributed by atoms with E-state index in [1.165, 1.54) is 0 Å². The van der Waals surface area contributed by atoms with Gasteiger partial charge in [0, 0.05) is 13.5 Å². The van der Waals surface area contributed by atoms with Crippen LogP contribution in [0.1, 0.15) is 13.3 Å². The molecule has 0 aliphatic carbocycles. The number of hydrogen-bond acceptors (Lipinski definition) is 3. The average molecular weight is 182 g/mol. The molecule has 3 N–H and O–H groups in total. The maximum absolute atomic E-state index is 9.28. The molecule has 0 heterocycles. The van der Waals surface area contributed by atoms with E-state index >= 15 is 0 Å². The number of quaternary nitrogens is 1. The molecule has 0 aliphatic heterocycles. The minimum atomic E-state index is -0.220. The molecule has 0 radical (unpaired) electrons. The molecule has 0 unspecified atom stereocenters. The van der Waals surface area contributed by atoms with E-state index in [9.17, 15) is 4.57 Å². The summed E-state index contributed by atoms with van der Waals surface area (Å²) >= 11 is 0. The molecule has 0 aromatic rings.